The number of rotatable bonds is 0. The molecule has 4 N–H and O–H groups in total. The number of hydrogen-bond acceptors (Lipinski definition) is 4. The summed E-state index contributed by atoms with van der Waals surface area (Å²) in [5.74, 6) is 0. The third-order valence-corrected chi connectivity index (χ3v) is 0. The van der Waals surface area contributed by atoms with Gasteiger partial charge in [0.1, 0.15) is 0 Å². The van der Waals surface area contributed by atoms with Crippen LogP contribution in [0.4, 0.5) is 0 Å². The summed E-state index contributed by atoms with van der Waals surface area (Å²) in [5.41, 5.74) is 0. The van der Waals surface area contributed by atoms with Gasteiger partial charge >= 0.3 is 42.9 Å². The maximum atomic E-state index is 9.04. The summed E-state index contributed by atoms with van der Waals surface area (Å²) in [6.45, 7) is 0. The fraction of sp³-hybridized carbons (Fsp3) is 0. The summed E-state index contributed by atoms with van der Waals surface area (Å²) in [4.78, 5) is 0. The van der Waals surface area contributed by atoms with Gasteiger partial charge in [-0.05, 0) is 0 Å². The van der Waals surface area contributed by atoms with Crippen LogP contribution in [0, 0.1) is 0 Å². The van der Waals surface area contributed by atoms with Crippen LogP contribution >= 0.6 is 6.10 Å². The first-order chi connectivity index (χ1) is 3.73. The van der Waals surface area contributed by atoms with E-state index in [1.165, 1.54) is 0 Å². The predicted molar refractivity (Wildman–Crippen MR) is 31.8 cm³/mol. The van der Waals surface area contributed by atoms with Crippen molar-refractivity contribution < 1.29 is 32.1 Å². The van der Waals surface area contributed by atoms with Gasteiger partial charge in [-0.2, -0.15) is 8.42 Å². The van der Waals surface area contributed by atoms with Crippen LogP contribution in [0.25, 0.3) is 0 Å². The third kappa shape index (κ3) is 4170. The Hall–Kier alpha value is 0.327. The van der Waals surface area contributed by atoms with Crippen LogP contribution in [0.3, 0.4) is 0 Å². The minimum absolute atomic E-state index is 0. The van der Waals surface area contributed by atoms with Crippen molar-refractivity contribution in [2.24, 2.45) is 0 Å². The van der Waals surface area contributed by atoms with Gasteiger partial charge in [0.05, 0.1) is 0 Å². The minimum atomic E-state index is -4.67. The molecule has 0 bridgehead atoms. The molecule has 0 aromatic heterocycles. The molecule has 0 saturated carbocycles. The molecule has 58 valence electrons. The summed E-state index contributed by atoms with van der Waals surface area (Å²) in [7, 11) is -4.67. The van der Waals surface area contributed by atoms with Gasteiger partial charge < -0.3 is 5.48 Å². The molecule has 0 aromatic rings. The normalized spacial score (nSPS) is 8.40. The Morgan fingerprint density at radius 2 is 1.20 bits per heavy atom. The molecular weight excluding hydrogens is 182 g/mol. The van der Waals surface area contributed by atoms with Gasteiger partial charge in [0, 0.05) is 0 Å². The summed E-state index contributed by atoms with van der Waals surface area (Å²) in [5, 5.41) is 0. The summed E-state index contributed by atoms with van der Waals surface area (Å²) >= 11 is 1.12. The van der Waals surface area contributed by atoms with E-state index < -0.39 is 16.5 Å². The Kier molecular flexibility index (Phi) is 12.4. The van der Waals surface area contributed by atoms with Crippen molar-refractivity contribution in [2.45, 2.75) is 0 Å². The van der Waals surface area contributed by atoms with Gasteiger partial charge in [-0.25, -0.2) is 0 Å². The van der Waals surface area contributed by atoms with Crippen LogP contribution in [0.1, 0.15) is 0 Å². The zero-order chi connectivity index (χ0) is 8.08. The van der Waals surface area contributed by atoms with Crippen LogP contribution in [-0.2, 0) is 19.5 Å². The van der Waals surface area contributed by atoms with Crippen molar-refractivity contribution in [3.63, 3.8) is 0 Å². The number of hydrogen-bond donors (Lipinski definition) is 2. The third-order valence-electron chi connectivity index (χ3n) is 0. The SMILES string of the molecule is O.O=S(=O)(O)O.[Li][P](=O)=O. The van der Waals surface area contributed by atoms with E-state index in [2.05, 4.69) is 0 Å². The predicted octanol–water partition coefficient (Wildman–Crippen LogP) is -1.23. The van der Waals surface area contributed by atoms with Crippen LogP contribution < -0.4 is 0 Å². The molecule has 0 unspecified atom stereocenters. The van der Waals surface area contributed by atoms with Gasteiger partial charge in [-0.3, -0.25) is 9.11 Å². The quantitative estimate of drug-likeness (QED) is 0.275. The van der Waals surface area contributed by atoms with Crippen molar-refractivity contribution in [3.05, 3.63) is 0 Å². The van der Waals surface area contributed by atoms with Crippen molar-refractivity contribution in [3.8, 4) is 0 Å². The van der Waals surface area contributed by atoms with Crippen molar-refractivity contribution in [2.75, 3.05) is 0 Å². The molecule has 0 spiro atoms. The molecule has 0 heterocycles. The van der Waals surface area contributed by atoms with Gasteiger partial charge in [0.25, 0.3) is 0 Å². The molecule has 0 amide bonds. The molecule has 10 heavy (non-hydrogen) atoms. The van der Waals surface area contributed by atoms with Crippen molar-refractivity contribution in [1.82, 2.24) is 0 Å². The van der Waals surface area contributed by atoms with Gasteiger partial charge in [-0.1, -0.05) is 0 Å². The molecule has 0 radical (unpaired) electrons. The fourth-order valence-corrected chi connectivity index (χ4v) is 0. The van der Waals surface area contributed by atoms with Crippen molar-refractivity contribution in [1.29, 1.82) is 0 Å². The van der Waals surface area contributed by atoms with Crippen molar-refractivity contribution >= 4 is 33.7 Å². The second kappa shape index (κ2) is 7.43. The molecule has 0 aromatic carbocycles. The van der Waals surface area contributed by atoms with Crippen LogP contribution in [0.5, 0.6) is 0 Å². The topological polar surface area (TPSA) is 140 Å². The Morgan fingerprint density at radius 1 is 1.20 bits per heavy atom. The molecular formula is H4LiO7PS. The Labute approximate surface area is 66.3 Å². The molecule has 0 atom stereocenters. The molecule has 0 aliphatic heterocycles. The van der Waals surface area contributed by atoms with E-state index in [1.807, 2.05) is 0 Å². The van der Waals surface area contributed by atoms with Crippen LogP contribution in [-0.4, -0.2) is 40.2 Å². The molecule has 0 aliphatic rings. The molecule has 7 nitrogen and oxygen atoms in total. The van der Waals surface area contributed by atoms with Gasteiger partial charge in [0.2, 0.25) is 0 Å². The summed E-state index contributed by atoms with van der Waals surface area (Å²) in [6, 6.07) is 0. The monoisotopic (exact) mass is 186 g/mol. The maximum absolute atomic E-state index is 9.04. The van der Waals surface area contributed by atoms with E-state index in [4.69, 9.17) is 26.7 Å². The summed E-state index contributed by atoms with van der Waals surface area (Å²) < 4.78 is 49.7. The fourth-order valence-electron chi connectivity index (χ4n) is 0. The van der Waals surface area contributed by atoms with Crippen LogP contribution in [0.2, 0.25) is 0 Å². The first-order valence-electron chi connectivity index (χ1n) is 1.51. The van der Waals surface area contributed by atoms with E-state index in [9.17, 15) is 0 Å². The zero-order valence-corrected chi connectivity index (χ0v) is 6.59. The average molecular weight is 186 g/mol. The first-order valence-corrected chi connectivity index (χ1v) is 4.53. The second-order valence-electron chi connectivity index (χ2n) is 0.888. The molecule has 0 saturated heterocycles. The molecule has 0 fully saturated rings. The van der Waals surface area contributed by atoms with E-state index in [0.717, 1.165) is 17.2 Å². The molecule has 0 aliphatic carbocycles. The Morgan fingerprint density at radius 3 is 1.20 bits per heavy atom. The first kappa shape index (κ1) is 16.7. The molecule has 10 heteroatoms. The van der Waals surface area contributed by atoms with E-state index in [1.54, 1.807) is 0 Å². The van der Waals surface area contributed by atoms with Gasteiger partial charge in [-0.15, -0.1) is 0 Å². The summed E-state index contributed by atoms with van der Waals surface area (Å²) in [6.07, 6.45) is -2.12. The van der Waals surface area contributed by atoms with E-state index >= 15 is 0 Å². The standard InChI is InChI=1S/Li.H2O4S.O2P.H2O/c;1-5(2,3)4;1-3-2;/h;(H2,1,2,3,4);;1H2. The van der Waals surface area contributed by atoms with Gasteiger partial charge in [0.15, 0.2) is 0 Å². The Balaban J connectivity index is -0.0000000910. The second-order valence-corrected chi connectivity index (χ2v) is 2.66. The Bertz CT molecular complexity index is 194. The molecule has 0 rings (SSSR count). The van der Waals surface area contributed by atoms with E-state index in [0.29, 0.717) is 0 Å². The van der Waals surface area contributed by atoms with Crippen LogP contribution in [0.15, 0.2) is 0 Å². The zero-order valence-electron chi connectivity index (χ0n) is 4.88. The van der Waals surface area contributed by atoms with E-state index in [-0.39, 0.29) is 5.48 Å². The average Bonchev–Trinajstić information content (AvgIpc) is 1.19.